The molecular weight excluding hydrogens is 372 g/mol. The summed E-state index contributed by atoms with van der Waals surface area (Å²) in [5.74, 6) is 0.729. The second-order valence-electron chi connectivity index (χ2n) is 5.12. The highest BCUT2D eigenvalue weighted by atomic mass is 79.9. The van der Waals surface area contributed by atoms with Crippen LogP contribution in [0, 0.1) is 0 Å². The SMILES string of the molecule is C/C(=N/NC(=O)[C@@H](C)SCc1ccccc1)c1ccc(Br)cc1. The van der Waals surface area contributed by atoms with Crippen LogP contribution in [0.25, 0.3) is 0 Å². The van der Waals surface area contributed by atoms with E-state index in [1.165, 1.54) is 5.56 Å². The van der Waals surface area contributed by atoms with Crippen molar-refractivity contribution in [3.8, 4) is 0 Å². The van der Waals surface area contributed by atoms with Gasteiger partial charge in [-0.1, -0.05) is 58.4 Å². The van der Waals surface area contributed by atoms with Gasteiger partial charge in [-0.05, 0) is 37.1 Å². The lowest BCUT2D eigenvalue weighted by Crippen LogP contribution is -2.27. The molecule has 0 aliphatic heterocycles. The lowest BCUT2D eigenvalue weighted by Gasteiger charge is -2.10. The maximum Gasteiger partial charge on any atom is 0.252 e. The van der Waals surface area contributed by atoms with Gasteiger partial charge in [0.1, 0.15) is 0 Å². The number of carbonyl (C=O) groups is 1. The monoisotopic (exact) mass is 390 g/mol. The number of nitrogens with zero attached hydrogens (tertiary/aromatic N) is 1. The van der Waals surface area contributed by atoms with Crippen LogP contribution < -0.4 is 5.43 Å². The molecule has 0 unspecified atom stereocenters. The lowest BCUT2D eigenvalue weighted by atomic mass is 10.1. The summed E-state index contributed by atoms with van der Waals surface area (Å²) in [7, 11) is 0. The summed E-state index contributed by atoms with van der Waals surface area (Å²) in [5.41, 5.74) is 5.63. The van der Waals surface area contributed by atoms with Gasteiger partial charge in [0.25, 0.3) is 5.91 Å². The van der Waals surface area contributed by atoms with Crippen LogP contribution in [0.1, 0.15) is 25.0 Å². The molecule has 0 spiro atoms. The highest BCUT2D eigenvalue weighted by molar-refractivity contribution is 9.10. The van der Waals surface area contributed by atoms with Gasteiger partial charge in [-0.15, -0.1) is 11.8 Å². The minimum Gasteiger partial charge on any atom is -0.272 e. The largest absolute Gasteiger partial charge is 0.272 e. The van der Waals surface area contributed by atoms with E-state index in [0.717, 1.165) is 21.5 Å². The van der Waals surface area contributed by atoms with Crippen molar-refractivity contribution in [1.29, 1.82) is 0 Å². The molecule has 1 N–H and O–H groups in total. The molecule has 0 fully saturated rings. The Hall–Kier alpha value is -1.59. The fourth-order valence-electron chi connectivity index (χ4n) is 1.86. The van der Waals surface area contributed by atoms with E-state index in [9.17, 15) is 4.79 Å². The van der Waals surface area contributed by atoms with Crippen molar-refractivity contribution in [1.82, 2.24) is 5.43 Å². The van der Waals surface area contributed by atoms with E-state index in [-0.39, 0.29) is 11.2 Å². The zero-order chi connectivity index (χ0) is 16.7. The number of hydrogen-bond acceptors (Lipinski definition) is 3. The third-order valence-corrected chi connectivity index (χ3v) is 5.05. The van der Waals surface area contributed by atoms with Gasteiger partial charge in [0.05, 0.1) is 11.0 Å². The molecule has 23 heavy (non-hydrogen) atoms. The van der Waals surface area contributed by atoms with Gasteiger partial charge in [-0.25, -0.2) is 5.43 Å². The van der Waals surface area contributed by atoms with Crippen LogP contribution in [0.2, 0.25) is 0 Å². The number of benzene rings is 2. The second-order valence-corrected chi connectivity index (χ2v) is 7.36. The number of amides is 1. The average Bonchev–Trinajstić information content (AvgIpc) is 2.58. The molecule has 2 aromatic rings. The molecule has 0 saturated heterocycles. The van der Waals surface area contributed by atoms with Gasteiger partial charge in [0, 0.05) is 10.2 Å². The molecule has 0 bridgehead atoms. The van der Waals surface area contributed by atoms with Crippen molar-refractivity contribution >= 4 is 39.3 Å². The number of rotatable bonds is 6. The second kappa shape index (κ2) is 8.89. The maximum atomic E-state index is 12.1. The van der Waals surface area contributed by atoms with Gasteiger partial charge < -0.3 is 0 Å². The van der Waals surface area contributed by atoms with Gasteiger partial charge in [-0.2, -0.15) is 5.10 Å². The minimum absolute atomic E-state index is 0.0811. The Balaban J connectivity index is 1.85. The number of thioether (sulfide) groups is 1. The molecule has 2 rings (SSSR count). The van der Waals surface area contributed by atoms with Crippen molar-refractivity contribution in [3.05, 3.63) is 70.2 Å². The van der Waals surface area contributed by atoms with Gasteiger partial charge in [-0.3, -0.25) is 4.79 Å². The average molecular weight is 391 g/mol. The zero-order valence-corrected chi connectivity index (χ0v) is 15.5. The summed E-state index contributed by atoms with van der Waals surface area (Å²) in [6.07, 6.45) is 0. The topological polar surface area (TPSA) is 41.5 Å². The number of halogens is 1. The van der Waals surface area contributed by atoms with Crippen molar-refractivity contribution in [2.45, 2.75) is 24.9 Å². The van der Waals surface area contributed by atoms with Crippen LogP contribution in [0.4, 0.5) is 0 Å². The molecule has 1 atom stereocenters. The molecular formula is C18H19BrN2OS. The summed E-state index contributed by atoms with van der Waals surface area (Å²) in [6.45, 7) is 3.78. The van der Waals surface area contributed by atoms with E-state index in [1.54, 1.807) is 11.8 Å². The van der Waals surface area contributed by atoms with Crippen molar-refractivity contribution < 1.29 is 4.79 Å². The molecule has 3 nitrogen and oxygen atoms in total. The van der Waals surface area contributed by atoms with E-state index in [1.807, 2.05) is 56.3 Å². The lowest BCUT2D eigenvalue weighted by molar-refractivity contribution is -0.120. The van der Waals surface area contributed by atoms with Crippen LogP contribution in [-0.2, 0) is 10.5 Å². The quantitative estimate of drug-likeness (QED) is 0.577. The van der Waals surface area contributed by atoms with E-state index in [4.69, 9.17) is 0 Å². The van der Waals surface area contributed by atoms with Gasteiger partial charge in [0.2, 0.25) is 0 Å². The van der Waals surface area contributed by atoms with Gasteiger partial charge in [0.15, 0.2) is 0 Å². The highest BCUT2D eigenvalue weighted by Crippen LogP contribution is 2.17. The Morgan fingerprint density at radius 2 is 1.83 bits per heavy atom. The first kappa shape index (κ1) is 17.8. The molecule has 120 valence electrons. The van der Waals surface area contributed by atoms with Crippen LogP contribution in [0.3, 0.4) is 0 Å². The highest BCUT2D eigenvalue weighted by Gasteiger charge is 2.13. The molecule has 0 heterocycles. The van der Waals surface area contributed by atoms with E-state index >= 15 is 0 Å². The molecule has 0 radical (unpaired) electrons. The Kier molecular flexibility index (Phi) is 6.86. The summed E-state index contributed by atoms with van der Waals surface area (Å²) in [6, 6.07) is 18.0. The third kappa shape index (κ3) is 5.84. The van der Waals surface area contributed by atoms with E-state index < -0.39 is 0 Å². The molecule has 2 aromatic carbocycles. The third-order valence-electron chi connectivity index (χ3n) is 3.31. The molecule has 0 saturated carbocycles. The standard InChI is InChI=1S/C18H19BrN2OS/c1-13(16-8-10-17(19)11-9-16)20-21-18(22)14(2)23-12-15-6-4-3-5-7-15/h3-11,14H,12H2,1-2H3,(H,21,22)/b20-13-/t14-/m1/s1. The Morgan fingerprint density at radius 1 is 1.17 bits per heavy atom. The number of hydrazone groups is 1. The first-order chi connectivity index (χ1) is 11.1. The summed E-state index contributed by atoms with van der Waals surface area (Å²) < 4.78 is 1.02. The normalized spacial score (nSPS) is 12.7. The number of hydrogen-bond donors (Lipinski definition) is 1. The number of nitrogens with one attached hydrogen (secondary N) is 1. The Bertz CT molecular complexity index is 671. The van der Waals surface area contributed by atoms with Crippen molar-refractivity contribution in [3.63, 3.8) is 0 Å². The minimum atomic E-state index is -0.156. The Labute approximate surface area is 149 Å². The number of carbonyl (C=O) groups excluding carboxylic acids is 1. The van der Waals surface area contributed by atoms with Crippen LogP contribution >= 0.6 is 27.7 Å². The zero-order valence-electron chi connectivity index (χ0n) is 13.1. The van der Waals surface area contributed by atoms with Crippen LogP contribution in [-0.4, -0.2) is 16.9 Å². The molecule has 0 aliphatic rings. The predicted molar refractivity (Wildman–Crippen MR) is 102 cm³/mol. The summed E-state index contributed by atoms with van der Waals surface area (Å²) in [4.78, 5) is 12.1. The van der Waals surface area contributed by atoms with Crippen LogP contribution in [0.15, 0.2) is 64.2 Å². The smallest absolute Gasteiger partial charge is 0.252 e. The fourth-order valence-corrected chi connectivity index (χ4v) is 2.96. The molecule has 0 aromatic heterocycles. The first-order valence-electron chi connectivity index (χ1n) is 7.32. The summed E-state index contributed by atoms with van der Waals surface area (Å²) in [5, 5.41) is 4.03. The van der Waals surface area contributed by atoms with Crippen molar-refractivity contribution in [2.75, 3.05) is 0 Å². The maximum absolute atomic E-state index is 12.1. The fraction of sp³-hybridized carbons (Fsp3) is 0.222. The molecule has 0 aliphatic carbocycles. The first-order valence-corrected chi connectivity index (χ1v) is 9.16. The molecule has 5 heteroatoms. The van der Waals surface area contributed by atoms with Gasteiger partial charge >= 0.3 is 0 Å². The Morgan fingerprint density at radius 3 is 2.48 bits per heavy atom. The predicted octanol–water partition coefficient (Wildman–Crippen LogP) is 4.61. The summed E-state index contributed by atoms with van der Waals surface area (Å²) >= 11 is 5.00. The van der Waals surface area contributed by atoms with Crippen molar-refractivity contribution in [2.24, 2.45) is 5.10 Å². The molecule has 1 amide bonds. The van der Waals surface area contributed by atoms with E-state index in [0.29, 0.717) is 0 Å². The van der Waals surface area contributed by atoms with Crippen LogP contribution in [0.5, 0.6) is 0 Å². The van der Waals surface area contributed by atoms with E-state index in [2.05, 4.69) is 38.6 Å².